The smallest absolute Gasteiger partial charge is 0.313 e. The zero-order chi connectivity index (χ0) is 19.2. The number of halogens is 2. The fourth-order valence-electron chi connectivity index (χ4n) is 2.86. The SMILES string of the molecule is O=C(COC(=O)[C@@H]1COc2ccc(Cl)cc2C1)NCCc1ccccc1F. The van der Waals surface area contributed by atoms with Crippen LogP contribution in [0.1, 0.15) is 11.1 Å². The molecule has 142 valence electrons. The topological polar surface area (TPSA) is 64.6 Å². The summed E-state index contributed by atoms with van der Waals surface area (Å²) in [5, 5.41) is 3.18. The zero-order valence-electron chi connectivity index (χ0n) is 14.5. The van der Waals surface area contributed by atoms with Gasteiger partial charge in [-0.05, 0) is 48.2 Å². The van der Waals surface area contributed by atoms with Crippen molar-refractivity contribution in [1.82, 2.24) is 5.32 Å². The second-order valence-corrected chi connectivity index (χ2v) is 6.70. The lowest BCUT2D eigenvalue weighted by atomic mass is 9.97. The Hall–Kier alpha value is -2.60. The van der Waals surface area contributed by atoms with Gasteiger partial charge in [-0.25, -0.2) is 4.39 Å². The van der Waals surface area contributed by atoms with Gasteiger partial charge in [0.25, 0.3) is 5.91 Å². The van der Waals surface area contributed by atoms with E-state index >= 15 is 0 Å². The van der Waals surface area contributed by atoms with Crippen LogP contribution in [0.4, 0.5) is 4.39 Å². The van der Waals surface area contributed by atoms with Crippen molar-refractivity contribution in [2.45, 2.75) is 12.8 Å². The summed E-state index contributed by atoms with van der Waals surface area (Å²) in [4.78, 5) is 24.0. The highest BCUT2D eigenvalue weighted by molar-refractivity contribution is 6.30. The number of ether oxygens (including phenoxy) is 2. The van der Waals surface area contributed by atoms with E-state index in [-0.39, 0.29) is 25.6 Å². The van der Waals surface area contributed by atoms with Gasteiger partial charge < -0.3 is 14.8 Å². The molecule has 0 aliphatic carbocycles. The van der Waals surface area contributed by atoms with E-state index in [2.05, 4.69) is 5.32 Å². The number of benzene rings is 2. The maximum Gasteiger partial charge on any atom is 0.313 e. The molecule has 1 amide bonds. The number of hydrogen-bond donors (Lipinski definition) is 1. The standard InChI is InChI=1S/C20H19ClFNO4/c21-16-5-6-18-14(10-16)9-15(11-26-18)20(25)27-12-19(24)23-8-7-13-3-1-2-4-17(13)22/h1-6,10,15H,7-9,11-12H2,(H,23,24)/t15-/m0/s1. The average Bonchev–Trinajstić information content (AvgIpc) is 2.67. The molecule has 2 aromatic rings. The molecule has 0 bridgehead atoms. The third-order valence-corrected chi connectivity index (χ3v) is 4.52. The van der Waals surface area contributed by atoms with Gasteiger partial charge in [0.05, 0.1) is 5.92 Å². The van der Waals surface area contributed by atoms with Gasteiger partial charge >= 0.3 is 5.97 Å². The van der Waals surface area contributed by atoms with Gasteiger partial charge in [0.1, 0.15) is 18.2 Å². The van der Waals surface area contributed by atoms with Crippen molar-refractivity contribution in [2.24, 2.45) is 5.92 Å². The van der Waals surface area contributed by atoms with E-state index in [0.717, 1.165) is 5.56 Å². The molecular weight excluding hydrogens is 373 g/mol. The molecule has 0 saturated carbocycles. The second-order valence-electron chi connectivity index (χ2n) is 6.26. The first-order valence-electron chi connectivity index (χ1n) is 8.61. The van der Waals surface area contributed by atoms with Crippen molar-refractivity contribution in [2.75, 3.05) is 19.8 Å². The maximum absolute atomic E-state index is 13.5. The molecule has 1 N–H and O–H groups in total. The van der Waals surface area contributed by atoms with E-state index in [1.807, 2.05) is 0 Å². The molecule has 27 heavy (non-hydrogen) atoms. The summed E-state index contributed by atoms with van der Waals surface area (Å²) >= 11 is 5.96. The van der Waals surface area contributed by atoms with Gasteiger partial charge in [0.15, 0.2) is 6.61 Å². The van der Waals surface area contributed by atoms with E-state index < -0.39 is 17.8 Å². The van der Waals surface area contributed by atoms with Crippen LogP contribution < -0.4 is 10.1 Å². The predicted octanol–water partition coefficient (Wildman–Crippen LogP) is 2.93. The summed E-state index contributed by atoms with van der Waals surface area (Å²) in [6.45, 7) is 0.0765. The number of rotatable bonds is 6. The highest BCUT2D eigenvalue weighted by Gasteiger charge is 2.27. The Morgan fingerprint density at radius 3 is 2.89 bits per heavy atom. The number of carbonyl (C=O) groups is 2. The number of hydrogen-bond acceptors (Lipinski definition) is 4. The molecule has 0 radical (unpaired) electrons. The summed E-state index contributed by atoms with van der Waals surface area (Å²) in [5.74, 6) is -1.02. The van der Waals surface area contributed by atoms with Gasteiger partial charge in [-0.3, -0.25) is 9.59 Å². The molecule has 0 spiro atoms. The molecule has 0 fully saturated rings. The first-order valence-corrected chi connectivity index (χ1v) is 8.98. The lowest BCUT2D eigenvalue weighted by Crippen LogP contribution is -2.34. The number of esters is 1. The van der Waals surface area contributed by atoms with Crippen LogP contribution in [0.3, 0.4) is 0 Å². The minimum atomic E-state index is -0.495. The molecule has 0 aromatic heterocycles. The Balaban J connectivity index is 1.41. The maximum atomic E-state index is 13.5. The van der Waals surface area contributed by atoms with Crippen molar-refractivity contribution in [3.05, 3.63) is 64.4 Å². The fraction of sp³-hybridized carbons (Fsp3) is 0.300. The monoisotopic (exact) mass is 391 g/mol. The second kappa shape index (κ2) is 8.86. The van der Waals surface area contributed by atoms with Crippen molar-refractivity contribution < 1.29 is 23.5 Å². The van der Waals surface area contributed by atoms with Gasteiger partial charge in [-0.1, -0.05) is 29.8 Å². The molecule has 3 rings (SSSR count). The normalized spacial score (nSPS) is 15.4. The van der Waals surface area contributed by atoms with Crippen LogP contribution in [0, 0.1) is 11.7 Å². The molecule has 1 heterocycles. The molecular formula is C20H19ClFNO4. The average molecular weight is 392 g/mol. The molecule has 0 unspecified atom stereocenters. The van der Waals surface area contributed by atoms with E-state index in [4.69, 9.17) is 21.1 Å². The molecule has 1 aliphatic rings. The van der Waals surface area contributed by atoms with E-state index in [1.54, 1.807) is 36.4 Å². The third-order valence-electron chi connectivity index (χ3n) is 4.28. The van der Waals surface area contributed by atoms with E-state index in [9.17, 15) is 14.0 Å². The summed E-state index contributed by atoms with van der Waals surface area (Å²) in [7, 11) is 0. The van der Waals surface area contributed by atoms with Crippen LogP contribution in [0.5, 0.6) is 5.75 Å². The number of fused-ring (bicyclic) bond motifs is 1. The molecule has 1 atom stereocenters. The van der Waals surface area contributed by atoms with Crippen molar-refractivity contribution in [1.29, 1.82) is 0 Å². The summed E-state index contributed by atoms with van der Waals surface area (Å²) < 4.78 is 24.1. The Morgan fingerprint density at radius 1 is 1.26 bits per heavy atom. The largest absolute Gasteiger partial charge is 0.492 e. The van der Waals surface area contributed by atoms with Crippen molar-refractivity contribution in [3.63, 3.8) is 0 Å². The van der Waals surface area contributed by atoms with Crippen LogP contribution in [-0.2, 0) is 27.2 Å². The Bertz CT molecular complexity index is 842. The fourth-order valence-corrected chi connectivity index (χ4v) is 3.05. The van der Waals surface area contributed by atoms with Crippen molar-refractivity contribution >= 4 is 23.5 Å². The summed E-state index contributed by atoms with van der Waals surface area (Å²) in [6, 6.07) is 11.6. The Morgan fingerprint density at radius 2 is 2.07 bits per heavy atom. The van der Waals surface area contributed by atoms with Crippen LogP contribution in [0.25, 0.3) is 0 Å². The minimum absolute atomic E-state index is 0.197. The number of amides is 1. The first kappa shape index (κ1) is 19.2. The van der Waals surface area contributed by atoms with Crippen LogP contribution in [0.2, 0.25) is 5.02 Å². The van der Waals surface area contributed by atoms with Gasteiger partial charge in [0.2, 0.25) is 0 Å². The van der Waals surface area contributed by atoms with E-state index in [1.165, 1.54) is 6.07 Å². The Labute approximate surface area is 161 Å². The minimum Gasteiger partial charge on any atom is -0.492 e. The zero-order valence-corrected chi connectivity index (χ0v) is 15.3. The highest BCUT2D eigenvalue weighted by atomic mass is 35.5. The molecule has 2 aromatic carbocycles. The van der Waals surface area contributed by atoms with Gasteiger partial charge in [-0.15, -0.1) is 0 Å². The van der Waals surface area contributed by atoms with Gasteiger partial charge in [-0.2, -0.15) is 0 Å². The predicted molar refractivity (Wildman–Crippen MR) is 98.2 cm³/mol. The summed E-state index contributed by atoms with van der Waals surface area (Å²) in [6.07, 6.45) is 0.810. The Kier molecular flexibility index (Phi) is 6.29. The molecule has 1 aliphatic heterocycles. The first-order chi connectivity index (χ1) is 13.0. The highest BCUT2D eigenvalue weighted by Crippen LogP contribution is 2.30. The van der Waals surface area contributed by atoms with Gasteiger partial charge in [0, 0.05) is 11.6 Å². The lowest BCUT2D eigenvalue weighted by molar-refractivity contribution is -0.153. The van der Waals surface area contributed by atoms with E-state index in [0.29, 0.717) is 29.2 Å². The molecule has 5 nitrogen and oxygen atoms in total. The number of carbonyl (C=O) groups excluding carboxylic acids is 2. The van der Waals surface area contributed by atoms with Crippen LogP contribution in [0.15, 0.2) is 42.5 Å². The van der Waals surface area contributed by atoms with Crippen LogP contribution in [-0.4, -0.2) is 31.6 Å². The summed E-state index contributed by atoms with van der Waals surface area (Å²) in [5.41, 5.74) is 1.36. The lowest BCUT2D eigenvalue weighted by Gasteiger charge is -2.24. The number of nitrogens with one attached hydrogen (secondary N) is 1. The molecule has 7 heteroatoms. The molecule has 0 saturated heterocycles. The quantitative estimate of drug-likeness (QED) is 0.769. The van der Waals surface area contributed by atoms with Crippen LogP contribution >= 0.6 is 11.6 Å². The third kappa shape index (κ3) is 5.20. The van der Waals surface area contributed by atoms with Crippen molar-refractivity contribution in [3.8, 4) is 5.75 Å².